The highest BCUT2D eigenvalue weighted by atomic mass is 31.2. The van der Waals surface area contributed by atoms with E-state index in [-0.39, 0.29) is 26.1 Å². The zero-order valence-electron chi connectivity index (χ0n) is 30.0. The summed E-state index contributed by atoms with van der Waals surface area (Å²) in [5.74, 6) is -0.861. The number of hydrogen-bond donors (Lipinski definition) is 0. The van der Waals surface area contributed by atoms with E-state index in [0.717, 1.165) is 83.5 Å². The lowest BCUT2D eigenvalue weighted by Crippen LogP contribution is -2.37. The van der Waals surface area contributed by atoms with Crippen LogP contribution >= 0.6 is 7.82 Å². The second-order valence-corrected chi connectivity index (χ2v) is 14.6. The van der Waals surface area contributed by atoms with Gasteiger partial charge in [0.1, 0.15) is 19.8 Å². The predicted octanol–water partition coefficient (Wildman–Crippen LogP) is 8.60. The number of unbranched alkanes of at least 4 members (excludes halogenated alkanes) is 14. The Morgan fingerprint density at radius 1 is 0.652 bits per heavy atom. The van der Waals surface area contributed by atoms with E-state index in [1.165, 1.54) is 25.7 Å². The lowest BCUT2D eigenvalue weighted by atomic mass is 10.1. The van der Waals surface area contributed by atoms with Crippen molar-refractivity contribution in [2.75, 3.05) is 47.5 Å². The van der Waals surface area contributed by atoms with E-state index in [2.05, 4.69) is 38.2 Å². The Morgan fingerprint density at radius 2 is 1.11 bits per heavy atom. The quantitative estimate of drug-likeness (QED) is 0.0230. The van der Waals surface area contributed by atoms with Crippen molar-refractivity contribution < 1.29 is 42.1 Å². The van der Waals surface area contributed by atoms with Crippen molar-refractivity contribution in [2.24, 2.45) is 0 Å². The summed E-state index contributed by atoms with van der Waals surface area (Å²) in [6, 6.07) is 0. The largest absolute Gasteiger partial charge is 0.756 e. The van der Waals surface area contributed by atoms with Gasteiger partial charge < -0.3 is 27.9 Å². The second kappa shape index (κ2) is 29.6. The Balaban J connectivity index is 4.50. The first-order valence-corrected chi connectivity index (χ1v) is 19.5. The van der Waals surface area contributed by atoms with Crippen LogP contribution in [0.15, 0.2) is 24.3 Å². The van der Waals surface area contributed by atoms with Crippen LogP contribution in [0, 0.1) is 0 Å². The van der Waals surface area contributed by atoms with Gasteiger partial charge >= 0.3 is 11.9 Å². The summed E-state index contributed by atoms with van der Waals surface area (Å²) in [4.78, 5) is 37.2. The molecule has 46 heavy (non-hydrogen) atoms. The molecule has 0 N–H and O–H groups in total. The fourth-order valence-electron chi connectivity index (χ4n) is 4.50. The monoisotopic (exact) mass is 673 g/mol. The molecule has 0 aliphatic rings. The summed E-state index contributed by atoms with van der Waals surface area (Å²) in [5, 5.41) is 0. The van der Waals surface area contributed by atoms with E-state index in [1.54, 1.807) is 0 Å². The van der Waals surface area contributed by atoms with Gasteiger partial charge in [0.2, 0.25) is 0 Å². The number of allylic oxidation sites excluding steroid dienone is 4. The minimum absolute atomic E-state index is 0.0332. The Bertz CT molecular complexity index is 855. The highest BCUT2D eigenvalue weighted by Gasteiger charge is 2.21. The van der Waals surface area contributed by atoms with Gasteiger partial charge in [-0.25, -0.2) is 0 Å². The molecule has 0 aromatic carbocycles. The number of esters is 2. The Hall–Kier alpha value is -1.51. The third kappa shape index (κ3) is 32.4. The number of quaternary nitrogens is 1. The molecule has 0 aliphatic carbocycles. The standard InChI is InChI=1S/C36H68NO8P/c1-6-8-10-12-14-16-18-20-22-24-26-28-35(38)42-32-34(33-44-46(40,41)43-31-30-37(3,4)5)45-36(39)29-27-25-23-21-19-17-15-13-11-9-7-2/h12-15,34H,6-11,16-33H2,1-5H3/b14-12+,15-13+/t34-/m1/s1. The van der Waals surface area contributed by atoms with Crippen molar-refractivity contribution >= 4 is 19.8 Å². The van der Waals surface area contributed by atoms with Gasteiger partial charge in [-0.05, 0) is 51.4 Å². The SMILES string of the molecule is CCCC/C=C/CCCCCCCC(=O)OC[C@H](COP(=O)([O-])OCC[N+](C)(C)C)OC(=O)CCCCCCC/C=C/CCCC. The van der Waals surface area contributed by atoms with Gasteiger partial charge in [0.25, 0.3) is 7.82 Å². The molecule has 0 fully saturated rings. The first-order valence-electron chi connectivity index (χ1n) is 18.0. The number of nitrogens with zero attached hydrogens (tertiary/aromatic N) is 1. The number of phosphoric acid groups is 1. The highest BCUT2D eigenvalue weighted by molar-refractivity contribution is 7.45. The maximum Gasteiger partial charge on any atom is 0.306 e. The molecular weight excluding hydrogens is 605 g/mol. The predicted molar refractivity (Wildman–Crippen MR) is 185 cm³/mol. The summed E-state index contributed by atoms with van der Waals surface area (Å²) >= 11 is 0. The molecule has 2 atom stereocenters. The number of hydrogen-bond acceptors (Lipinski definition) is 8. The van der Waals surface area contributed by atoms with E-state index in [9.17, 15) is 19.0 Å². The Morgan fingerprint density at radius 3 is 1.61 bits per heavy atom. The third-order valence-electron chi connectivity index (χ3n) is 7.44. The molecule has 0 radical (unpaired) electrons. The molecule has 0 aromatic rings. The molecule has 0 aromatic heterocycles. The van der Waals surface area contributed by atoms with Crippen LogP contribution in [-0.2, 0) is 32.7 Å². The average Bonchev–Trinajstić information content (AvgIpc) is 2.99. The molecular formula is C36H68NO8P. The number of carbonyl (C=O) groups excluding carboxylic acids is 2. The minimum Gasteiger partial charge on any atom is -0.756 e. The van der Waals surface area contributed by atoms with Gasteiger partial charge in [-0.1, -0.05) is 102 Å². The van der Waals surface area contributed by atoms with E-state index < -0.39 is 32.5 Å². The van der Waals surface area contributed by atoms with Crippen LogP contribution in [-0.4, -0.2) is 70.0 Å². The van der Waals surface area contributed by atoms with Gasteiger partial charge in [-0.2, -0.15) is 0 Å². The fraction of sp³-hybridized carbons (Fsp3) is 0.833. The molecule has 1 unspecified atom stereocenters. The molecule has 0 spiro atoms. The molecule has 270 valence electrons. The lowest BCUT2D eigenvalue weighted by molar-refractivity contribution is -0.870. The van der Waals surface area contributed by atoms with Crippen molar-refractivity contribution in [1.29, 1.82) is 0 Å². The zero-order chi connectivity index (χ0) is 34.4. The summed E-state index contributed by atoms with van der Waals surface area (Å²) in [7, 11) is 1.15. The number of carbonyl (C=O) groups is 2. The summed E-state index contributed by atoms with van der Waals surface area (Å²) in [6.07, 6.45) is 27.8. The van der Waals surface area contributed by atoms with Crippen LogP contribution in [0.1, 0.15) is 142 Å². The van der Waals surface area contributed by atoms with Crippen LogP contribution < -0.4 is 4.89 Å². The van der Waals surface area contributed by atoms with Crippen LogP contribution in [0.4, 0.5) is 0 Å². The van der Waals surface area contributed by atoms with Crippen LogP contribution in [0.5, 0.6) is 0 Å². The minimum atomic E-state index is -4.61. The van der Waals surface area contributed by atoms with Crippen LogP contribution in [0.25, 0.3) is 0 Å². The maximum absolute atomic E-state index is 12.5. The zero-order valence-corrected chi connectivity index (χ0v) is 30.9. The van der Waals surface area contributed by atoms with Crippen molar-refractivity contribution in [3.8, 4) is 0 Å². The van der Waals surface area contributed by atoms with E-state index in [4.69, 9.17) is 18.5 Å². The summed E-state index contributed by atoms with van der Waals surface area (Å²) in [5.41, 5.74) is 0. The molecule has 9 nitrogen and oxygen atoms in total. The fourth-order valence-corrected chi connectivity index (χ4v) is 5.22. The maximum atomic E-state index is 12.5. The first-order chi connectivity index (χ1) is 22.0. The number of likely N-dealkylation sites (N-methyl/N-ethyl adjacent to an activating group) is 1. The van der Waals surface area contributed by atoms with E-state index >= 15 is 0 Å². The average molecular weight is 674 g/mol. The molecule has 0 saturated carbocycles. The molecule has 0 saturated heterocycles. The Kier molecular flexibility index (Phi) is 28.6. The van der Waals surface area contributed by atoms with Gasteiger partial charge in [-0.3, -0.25) is 14.2 Å². The first kappa shape index (κ1) is 44.5. The van der Waals surface area contributed by atoms with Crippen molar-refractivity contribution in [2.45, 2.75) is 148 Å². The summed E-state index contributed by atoms with van der Waals surface area (Å²) < 4.78 is 33.6. The number of rotatable bonds is 32. The normalized spacial score (nSPS) is 14.1. The Labute approximate surface area is 281 Å². The second-order valence-electron chi connectivity index (χ2n) is 13.2. The van der Waals surface area contributed by atoms with Crippen molar-refractivity contribution in [3.63, 3.8) is 0 Å². The van der Waals surface area contributed by atoms with Gasteiger partial charge in [0, 0.05) is 12.8 Å². The van der Waals surface area contributed by atoms with Crippen molar-refractivity contribution in [1.82, 2.24) is 0 Å². The topological polar surface area (TPSA) is 111 Å². The van der Waals surface area contributed by atoms with Crippen molar-refractivity contribution in [3.05, 3.63) is 24.3 Å². The molecule has 10 heteroatoms. The third-order valence-corrected chi connectivity index (χ3v) is 8.41. The van der Waals surface area contributed by atoms with Gasteiger partial charge in [0.05, 0.1) is 27.7 Å². The lowest BCUT2D eigenvalue weighted by Gasteiger charge is -2.28. The van der Waals surface area contributed by atoms with Crippen LogP contribution in [0.2, 0.25) is 0 Å². The van der Waals surface area contributed by atoms with Gasteiger partial charge in [-0.15, -0.1) is 0 Å². The smallest absolute Gasteiger partial charge is 0.306 e. The number of ether oxygens (including phenoxy) is 2. The van der Waals surface area contributed by atoms with Gasteiger partial charge in [0.15, 0.2) is 6.10 Å². The number of phosphoric ester groups is 1. The highest BCUT2D eigenvalue weighted by Crippen LogP contribution is 2.38. The molecule has 0 aliphatic heterocycles. The molecule has 0 rings (SSSR count). The molecule has 0 heterocycles. The molecule has 0 amide bonds. The van der Waals surface area contributed by atoms with E-state index in [1.807, 2.05) is 21.1 Å². The summed E-state index contributed by atoms with van der Waals surface area (Å²) in [6.45, 7) is 4.10. The van der Waals surface area contributed by atoms with Crippen LogP contribution in [0.3, 0.4) is 0 Å². The molecule has 0 bridgehead atoms. The van der Waals surface area contributed by atoms with E-state index in [0.29, 0.717) is 17.4 Å².